The van der Waals surface area contributed by atoms with Crippen molar-refractivity contribution in [2.75, 3.05) is 19.7 Å². The summed E-state index contributed by atoms with van der Waals surface area (Å²) in [5.74, 6) is 0.662. The number of carbonyl (C=O) groups excluding carboxylic acids is 1. The second kappa shape index (κ2) is 8.28. The molecule has 0 radical (unpaired) electrons. The second-order valence-electron chi connectivity index (χ2n) is 5.89. The van der Waals surface area contributed by atoms with E-state index in [1.165, 1.54) is 0 Å². The van der Waals surface area contributed by atoms with E-state index in [1.54, 1.807) is 11.0 Å². The molecule has 0 saturated carbocycles. The monoisotopic (exact) mass is 325 g/mol. The number of benzene rings is 1. The number of likely N-dealkylation sites (tertiary alicyclic amines) is 1. The molecule has 0 bridgehead atoms. The number of halogens is 1. The SMILES string of the molecule is CCCCOC(=O)N1CCC(Cc2ccc(O)c(Cl)c2)CC1. The Morgan fingerprint density at radius 3 is 2.77 bits per heavy atom. The molecule has 0 atom stereocenters. The standard InChI is InChI=1S/C17H24ClNO3/c1-2-3-10-22-17(21)19-8-6-13(7-9-19)11-14-4-5-16(20)15(18)12-14/h4-5,12-13,20H,2-3,6-11H2,1H3. The number of phenolic OH excluding ortho intramolecular Hbond substituents is 1. The Balaban J connectivity index is 1.77. The highest BCUT2D eigenvalue weighted by Gasteiger charge is 2.23. The fourth-order valence-electron chi connectivity index (χ4n) is 2.73. The van der Waals surface area contributed by atoms with Crippen molar-refractivity contribution in [3.8, 4) is 5.75 Å². The Bertz CT molecular complexity index is 499. The molecule has 1 aliphatic heterocycles. The molecule has 1 aliphatic rings. The lowest BCUT2D eigenvalue weighted by Crippen LogP contribution is -2.39. The summed E-state index contributed by atoms with van der Waals surface area (Å²) in [6.45, 7) is 4.10. The summed E-state index contributed by atoms with van der Waals surface area (Å²) in [6.07, 6.45) is 4.65. The summed E-state index contributed by atoms with van der Waals surface area (Å²) in [6, 6.07) is 5.37. The van der Waals surface area contributed by atoms with Gasteiger partial charge in [-0.15, -0.1) is 0 Å². The van der Waals surface area contributed by atoms with Crippen LogP contribution in [0.3, 0.4) is 0 Å². The molecular formula is C17H24ClNO3. The second-order valence-corrected chi connectivity index (χ2v) is 6.30. The van der Waals surface area contributed by atoms with Crippen LogP contribution in [0.5, 0.6) is 5.75 Å². The molecule has 1 amide bonds. The van der Waals surface area contributed by atoms with Crippen LogP contribution in [0.15, 0.2) is 18.2 Å². The Kier molecular flexibility index (Phi) is 6.37. The van der Waals surface area contributed by atoms with Gasteiger partial charge in [0.25, 0.3) is 0 Å². The normalized spacial score (nSPS) is 15.8. The summed E-state index contributed by atoms with van der Waals surface area (Å²) in [5.41, 5.74) is 1.13. The van der Waals surface area contributed by atoms with Gasteiger partial charge in [0.2, 0.25) is 0 Å². The molecule has 0 aromatic heterocycles. The van der Waals surface area contributed by atoms with Gasteiger partial charge in [-0.1, -0.05) is 31.0 Å². The zero-order valence-electron chi connectivity index (χ0n) is 13.1. The van der Waals surface area contributed by atoms with Crippen LogP contribution in [-0.4, -0.2) is 35.8 Å². The fourth-order valence-corrected chi connectivity index (χ4v) is 2.93. The number of ether oxygens (including phenoxy) is 1. The molecule has 122 valence electrons. The topological polar surface area (TPSA) is 49.8 Å². The summed E-state index contributed by atoms with van der Waals surface area (Å²) >= 11 is 5.94. The van der Waals surface area contributed by atoms with Crippen molar-refractivity contribution in [1.29, 1.82) is 0 Å². The maximum atomic E-state index is 11.9. The number of piperidine rings is 1. The highest BCUT2D eigenvalue weighted by molar-refractivity contribution is 6.32. The largest absolute Gasteiger partial charge is 0.506 e. The van der Waals surface area contributed by atoms with Gasteiger partial charge in [0, 0.05) is 13.1 Å². The molecule has 1 aromatic carbocycles. The van der Waals surface area contributed by atoms with Crippen LogP contribution in [0.2, 0.25) is 5.02 Å². The van der Waals surface area contributed by atoms with E-state index in [0.29, 0.717) is 17.5 Å². The maximum Gasteiger partial charge on any atom is 0.409 e. The zero-order chi connectivity index (χ0) is 15.9. The Labute approximate surface area is 137 Å². The Morgan fingerprint density at radius 1 is 1.41 bits per heavy atom. The van der Waals surface area contributed by atoms with Crippen molar-refractivity contribution in [2.24, 2.45) is 5.92 Å². The smallest absolute Gasteiger partial charge is 0.409 e. The van der Waals surface area contributed by atoms with E-state index in [0.717, 1.165) is 50.8 Å². The van der Waals surface area contributed by atoms with Gasteiger partial charge in [0.05, 0.1) is 11.6 Å². The van der Waals surface area contributed by atoms with Crippen molar-refractivity contribution in [3.05, 3.63) is 28.8 Å². The Morgan fingerprint density at radius 2 is 2.14 bits per heavy atom. The summed E-state index contributed by atoms with van der Waals surface area (Å²) < 4.78 is 5.25. The Hall–Kier alpha value is -1.42. The summed E-state index contributed by atoms with van der Waals surface area (Å²) in [7, 11) is 0. The molecule has 1 saturated heterocycles. The van der Waals surface area contributed by atoms with Crippen molar-refractivity contribution in [3.63, 3.8) is 0 Å². The third-order valence-corrected chi connectivity index (χ3v) is 4.44. The molecule has 1 fully saturated rings. The number of unbranched alkanes of at least 4 members (excludes halogenated alkanes) is 1. The van der Waals surface area contributed by atoms with E-state index in [4.69, 9.17) is 16.3 Å². The van der Waals surface area contributed by atoms with Crippen LogP contribution < -0.4 is 0 Å². The number of nitrogens with zero attached hydrogens (tertiary/aromatic N) is 1. The van der Waals surface area contributed by atoms with E-state index in [2.05, 4.69) is 6.92 Å². The van der Waals surface area contributed by atoms with Crippen molar-refractivity contribution in [1.82, 2.24) is 4.90 Å². The number of rotatable bonds is 5. The molecule has 1 aromatic rings. The van der Waals surface area contributed by atoms with E-state index in [1.807, 2.05) is 12.1 Å². The molecule has 0 spiro atoms. The number of aromatic hydroxyl groups is 1. The minimum atomic E-state index is -0.181. The van der Waals surface area contributed by atoms with Gasteiger partial charge in [-0.2, -0.15) is 0 Å². The van der Waals surface area contributed by atoms with Crippen molar-refractivity contribution in [2.45, 2.75) is 39.0 Å². The first kappa shape index (κ1) is 16.9. The van der Waals surface area contributed by atoms with Gasteiger partial charge in [-0.05, 0) is 49.3 Å². The van der Waals surface area contributed by atoms with Gasteiger partial charge in [0.1, 0.15) is 5.75 Å². The van der Waals surface area contributed by atoms with Gasteiger partial charge in [-0.25, -0.2) is 4.79 Å². The number of hydrogen-bond donors (Lipinski definition) is 1. The molecule has 4 nitrogen and oxygen atoms in total. The fraction of sp³-hybridized carbons (Fsp3) is 0.588. The van der Waals surface area contributed by atoms with Crippen LogP contribution in [0, 0.1) is 5.92 Å². The van der Waals surface area contributed by atoms with Crippen LogP contribution in [0.1, 0.15) is 38.2 Å². The average Bonchev–Trinajstić information content (AvgIpc) is 2.52. The van der Waals surface area contributed by atoms with Crippen LogP contribution in [0.25, 0.3) is 0 Å². The summed E-state index contributed by atoms with van der Waals surface area (Å²) in [4.78, 5) is 13.7. The van der Waals surface area contributed by atoms with E-state index < -0.39 is 0 Å². The van der Waals surface area contributed by atoms with Gasteiger partial charge >= 0.3 is 6.09 Å². The lowest BCUT2D eigenvalue weighted by molar-refractivity contribution is 0.0867. The third-order valence-electron chi connectivity index (χ3n) is 4.13. The first-order chi connectivity index (χ1) is 10.6. The maximum absolute atomic E-state index is 11.9. The lowest BCUT2D eigenvalue weighted by Gasteiger charge is -2.31. The molecule has 1 N–H and O–H groups in total. The molecule has 22 heavy (non-hydrogen) atoms. The molecule has 5 heteroatoms. The number of amides is 1. The van der Waals surface area contributed by atoms with Crippen LogP contribution >= 0.6 is 11.6 Å². The van der Waals surface area contributed by atoms with E-state index in [9.17, 15) is 9.90 Å². The lowest BCUT2D eigenvalue weighted by atomic mass is 9.90. The van der Waals surface area contributed by atoms with Gasteiger partial charge in [0.15, 0.2) is 0 Å². The summed E-state index contributed by atoms with van der Waals surface area (Å²) in [5, 5.41) is 9.84. The highest BCUT2D eigenvalue weighted by atomic mass is 35.5. The predicted molar refractivity (Wildman–Crippen MR) is 87.4 cm³/mol. The number of carbonyl (C=O) groups is 1. The van der Waals surface area contributed by atoms with E-state index >= 15 is 0 Å². The third kappa shape index (κ3) is 4.80. The predicted octanol–water partition coefficient (Wildman–Crippen LogP) is 4.24. The zero-order valence-corrected chi connectivity index (χ0v) is 13.8. The van der Waals surface area contributed by atoms with Crippen molar-refractivity contribution < 1.29 is 14.6 Å². The van der Waals surface area contributed by atoms with Crippen LogP contribution in [0.4, 0.5) is 4.79 Å². The number of phenols is 1. The molecule has 2 rings (SSSR count). The molecule has 0 aliphatic carbocycles. The highest BCUT2D eigenvalue weighted by Crippen LogP contribution is 2.27. The van der Waals surface area contributed by atoms with Gasteiger partial charge in [-0.3, -0.25) is 0 Å². The van der Waals surface area contributed by atoms with Gasteiger partial charge < -0.3 is 14.7 Å². The average molecular weight is 326 g/mol. The minimum absolute atomic E-state index is 0.120. The first-order valence-corrected chi connectivity index (χ1v) is 8.37. The number of hydrogen-bond acceptors (Lipinski definition) is 3. The van der Waals surface area contributed by atoms with E-state index in [-0.39, 0.29) is 11.8 Å². The molecule has 1 heterocycles. The molecule has 0 unspecified atom stereocenters. The first-order valence-electron chi connectivity index (χ1n) is 7.99. The molecular weight excluding hydrogens is 302 g/mol. The quantitative estimate of drug-likeness (QED) is 0.824. The van der Waals surface area contributed by atoms with Crippen LogP contribution in [-0.2, 0) is 11.2 Å². The van der Waals surface area contributed by atoms with Crippen molar-refractivity contribution >= 4 is 17.7 Å². The minimum Gasteiger partial charge on any atom is -0.506 e.